The highest BCUT2D eigenvalue weighted by Gasteiger charge is 2.36. The fourth-order valence-electron chi connectivity index (χ4n) is 3.22. The molecule has 2 N–H and O–H groups in total. The summed E-state index contributed by atoms with van der Waals surface area (Å²) in [6, 6.07) is 4.45. The Labute approximate surface area is 153 Å². The molecule has 1 aromatic carbocycles. The van der Waals surface area contributed by atoms with Crippen molar-refractivity contribution in [3.63, 3.8) is 0 Å². The zero-order valence-electron chi connectivity index (χ0n) is 14.0. The van der Waals surface area contributed by atoms with Gasteiger partial charge in [0.05, 0.1) is 23.0 Å². The van der Waals surface area contributed by atoms with Crippen LogP contribution in [0.25, 0.3) is 0 Å². The molecule has 9 heteroatoms. The Bertz CT molecular complexity index is 677. The van der Waals surface area contributed by atoms with Gasteiger partial charge in [-0.25, -0.2) is 0 Å². The number of benzene rings is 1. The molecule has 2 unspecified atom stereocenters. The van der Waals surface area contributed by atoms with Gasteiger partial charge in [-0.3, -0.25) is 9.59 Å². The molecule has 1 aromatic rings. The van der Waals surface area contributed by atoms with E-state index in [1.165, 1.54) is 18.2 Å². The average molecular weight is 387 g/mol. The molecule has 3 rings (SSSR count). The van der Waals surface area contributed by atoms with Crippen LogP contribution >= 0.6 is 11.8 Å². The van der Waals surface area contributed by atoms with Crippen LogP contribution in [0.5, 0.6) is 0 Å². The summed E-state index contributed by atoms with van der Waals surface area (Å²) in [4.78, 5) is 26.3. The zero-order valence-corrected chi connectivity index (χ0v) is 14.8. The molecule has 2 amide bonds. The Hall–Kier alpha value is -1.74. The smallest absolute Gasteiger partial charge is 0.352 e. The van der Waals surface area contributed by atoms with Gasteiger partial charge >= 0.3 is 6.18 Å². The predicted octanol–water partition coefficient (Wildman–Crippen LogP) is 1.95. The maximum Gasteiger partial charge on any atom is 0.417 e. The molecule has 0 spiro atoms. The van der Waals surface area contributed by atoms with E-state index in [4.69, 9.17) is 0 Å². The van der Waals surface area contributed by atoms with Crippen molar-refractivity contribution in [1.82, 2.24) is 15.5 Å². The number of halogens is 3. The van der Waals surface area contributed by atoms with Gasteiger partial charge in [-0.2, -0.15) is 13.2 Å². The van der Waals surface area contributed by atoms with E-state index in [0.717, 1.165) is 18.4 Å². The second-order valence-corrected chi connectivity index (χ2v) is 7.53. The second-order valence-electron chi connectivity index (χ2n) is 6.45. The Balaban J connectivity index is 1.54. The summed E-state index contributed by atoms with van der Waals surface area (Å²) in [5.74, 6) is 0.972. The Morgan fingerprint density at radius 3 is 2.77 bits per heavy atom. The summed E-state index contributed by atoms with van der Waals surface area (Å²) in [6.07, 6.45) is -4.00. The lowest BCUT2D eigenvalue weighted by molar-refractivity contribution is -0.138. The van der Waals surface area contributed by atoms with Gasteiger partial charge in [-0.05, 0) is 24.5 Å². The summed E-state index contributed by atoms with van der Waals surface area (Å²) in [5.41, 5.74) is -1.32. The maximum atomic E-state index is 13.0. The first-order valence-corrected chi connectivity index (χ1v) is 9.56. The number of nitrogens with zero attached hydrogens (tertiary/aromatic N) is 1. The number of thioether (sulfide) groups is 1. The van der Waals surface area contributed by atoms with Crippen molar-refractivity contribution >= 4 is 23.6 Å². The Kier molecular flexibility index (Phi) is 5.76. The number of hydrogen-bond donors (Lipinski definition) is 2. The van der Waals surface area contributed by atoms with Crippen molar-refractivity contribution in [3.05, 3.63) is 35.4 Å². The molecule has 142 valence electrons. The molecule has 2 heterocycles. The van der Waals surface area contributed by atoms with E-state index in [2.05, 4.69) is 10.6 Å². The van der Waals surface area contributed by atoms with Crippen LogP contribution < -0.4 is 10.6 Å². The topological polar surface area (TPSA) is 61.4 Å². The van der Waals surface area contributed by atoms with Crippen molar-refractivity contribution in [2.75, 3.05) is 31.3 Å². The molecule has 0 aromatic heterocycles. The number of amides is 2. The predicted molar refractivity (Wildman–Crippen MR) is 92.7 cm³/mol. The number of rotatable bonds is 4. The number of carbonyl (C=O) groups excluding carboxylic acids is 2. The van der Waals surface area contributed by atoms with Crippen molar-refractivity contribution < 1.29 is 22.8 Å². The number of nitrogens with one attached hydrogen (secondary N) is 2. The number of carbonyl (C=O) groups is 2. The zero-order chi connectivity index (χ0) is 18.7. The quantitative estimate of drug-likeness (QED) is 0.829. The molecule has 2 fully saturated rings. The van der Waals surface area contributed by atoms with Gasteiger partial charge < -0.3 is 15.5 Å². The van der Waals surface area contributed by atoms with E-state index in [1.807, 2.05) is 4.90 Å². The third-order valence-corrected chi connectivity index (χ3v) is 5.58. The molecule has 26 heavy (non-hydrogen) atoms. The minimum Gasteiger partial charge on any atom is -0.352 e. The lowest BCUT2D eigenvalue weighted by Gasteiger charge is -2.19. The first-order chi connectivity index (χ1) is 12.4. The van der Waals surface area contributed by atoms with E-state index in [-0.39, 0.29) is 30.0 Å². The lowest BCUT2D eigenvalue weighted by Crippen LogP contribution is -2.42. The monoisotopic (exact) mass is 387 g/mol. The molecule has 0 aliphatic carbocycles. The number of hydrogen-bond acceptors (Lipinski definition) is 4. The minimum absolute atomic E-state index is 0.0150. The van der Waals surface area contributed by atoms with Crippen molar-refractivity contribution in [3.8, 4) is 0 Å². The van der Waals surface area contributed by atoms with Crippen LogP contribution in [0.15, 0.2) is 24.3 Å². The molecular formula is C17H20F3N3O2S. The SMILES string of the molecule is O=C(NCC1CNC(C(=O)N2CCSC2)C1)c1ccccc1C(F)(F)F. The summed E-state index contributed by atoms with van der Waals surface area (Å²) >= 11 is 1.71. The van der Waals surface area contributed by atoms with E-state index < -0.39 is 17.6 Å². The first-order valence-electron chi connectivity index (χ1n) is 8.40. The average Bonchev–Trinajstić information content (AvgIpc) is 3.30. The van der Waals surface area contributed by atoms with Crippen LogP contribution in [0.4, 0.5) is 13.2 Å². The molecule has 2 atom stereocenters. The Morgan fingerprint density at radius 2 is 2.08 bits per heavy atom. The fourth-order valence-corrected chi connectivity index (χ4v) is 4.18. The van der Waals surface area contributed by atoms with Crippen LogP contribution in [0.1, 0.15) is 22.3 Å². The van der Waals surface area contributed by atoms with Crippen LogP contribution in [0.3, 0.4) is 0 Å². The van der Waals surface area contributed by atoms with E-state index in [1.54, 1.807) is 11.8 Å². The first kappa shape index (κ1) is 19.0. The highest BCUT2D eigenvalue weighted by molar-refractivity contribution is 7.99. The van der Waals surface area contributed by atoms with Gasteiger partial charge in [-0.15, -0.1) is 11.8 Å². The summed E-state index contributed by atoms with van der Waals surface area (Å²) in [7, 11) is 0. The van der Waals surface area contributed by atoms with Crippen LogP contribution in [0, 0.1) is 5.92 Å². The minimum atomic E-state index is -4.58. The third kappa shape index (κ3) is 4.32. The van der Waals surface area contributed by atoms with Gasteiger partial charge in [0.15, 0.2) is 0 Å². The molecule has 0 saturated carbocycles. The molecule has 2 saturated heterocycles. The third-order valence-electron chi connectivity index (χ3n) is 4.61. The van der Waals surface area contributed by atoms with Crippen molar-refractivity contribution in [2.45, 2.75) is 18.6 Å². The molecule has 2 aliphatic heterocycles. The molecule has 0 bridgehead atoms. The van der Waals surface area contributed by atoms with Gasteiger partial charge in [0, 0.05) is 25.4 Å². The lowest BCUT2D eigenvalue weighted by atomic mass is 10.0. The van der Waals surface area contributed by atoms with Gasteiger partial charge in [0.2, 0.25) is 5.91 Å². The normalized spacial score (nSPS) is 23.3. The standard InChI is InChI=1S/C17H20F3N3O2S/c18-17(19,20)13-4-2-1-3-12(13)15(24)22-9-11-7-14(21-8-11)16(25)23-5-6-26-10-23/h1-4,11,14,21H,5-10H2,(H,22,24). The summed E-state index contributed by atoms with van der Waals surface area (Å²) < 4.78 is 39.0. The second kappa shape index (κ2) is 7.87. The largest absolute Gasteiger partial charge is 0.417 e. The van der Waals surface area contributed by atoms with Crippen LogP contribution in [0.2, 0.25) is 0 Å². The van der Waals surface area contributed by atoms with Gasteiger partial charge in [0.25, 0.3) is 5.91 Å². The van der Waals surface area contributed by atoms with Crippen LogP contribution in [-0.4, -0.2) is 54.0 Å². The summed E-state index contributed by atoms with van der Waals surface area (Å²) in [5, 5.41) is 5.73. The van der Waals surface area contributed by atoms with Gasteiger partial charge in [-0.1, -0.05) is 12.1 Å². The highest BCUT2D eigenvalue weighted by atomic mass is 32.2. The van der Waals surface area contributed by atoms with Crippen molar-refractivity contribution in [2.24, 2.45) is 5.92 Å². The van der Waals surface area contributed by atoms with Gasteiger partial charge in [0.1, 0.15) is 0 Å². The number of alkyl halides is 3. The Morgan fingerprint density at radius 1 is 1.31 bits per heavy atom. The highest BCUT2D eigenvalue weighted by Crippen LogP contribution is 2.31. The van der Waals surface area contributed by atoms with Crippen molar-refractivity contribution in [1.29, 1.82) is 0 Å². The fraction of sp³-hybridized carbons (Fsp3) is 0.529. The maximum absolute atomic E-state index is 13.0. The molecule has 5 nitrogen and oxygen atoms in total. The molecule has 0 radical (unpaired) electrons. The van der Waals surface area contributed by atoms with E-state index >= 15 is 0 Å². The van der Waals surface area contributed by atoms with E-state index in [0.29, 0.717) is 18.8 Å². The van der Waals surface area contributed by atoms with E-state index in [9.17, 15) is 22.8 Å². The molecule has 2 aliphatic rings. The van der Waals surface area contributed by atoms with Crippen LogP contribution in [-0.2, 0) is 11.0 Å². The molecular weight excluding hydrogens is 367 g/mol. The summed E-state index contributed by atoms with van der Waals surface area (Å²) in [6.45, 7) is 1.53.